The van der Waals surface area contributed by atoms with Crippen LogP contribution in [0.15, 0.2) is 52.0 Å². The van der Waals surface area contributed by atoms with E-state index >= 15 is 0 Å². The molecule has 2 heterocycles. The molecule has 1 aliphatic rings. The number of hydrogen-bond donors (Lipinski definition) is 1. The summed E-state index contributed by atoms with van der Waals surface area (Å²) in [6, 6.07) is 10.1. The standard InChI is InChI=1S/C17H14N2O5S/c1-23-12-6-4-11(5-7-12)18-15(20)10-19-16(21)14(25-17(19)22)9-13-3-2-8-24-13/h2-9H,10H2,1H3,(H,18,20)/b14-9-. The second-order valence-corrected chi connectivity index (χ2v) is 6.05. The van der Waals surface area contributed by atoms with Gasteiger partial charge in [-0.3, -0.25) is 19.3 Å². The Morgan fingerprint density at radius 3 is 2.68 bits per heavy atom. The fourth-order valence-electron chi connectivity index (χ4n) is 2.16. The predicted molar refractivity (Wildman–Crippen MR) is 93.0 cm³/mol. The molecule has 1 fully saturated rings. The Kier molecular flexibility index (Phi) is 4.90. The van der Waals surface area contributed by atoms with E-state index in [2.05, 4.69) is 5.32 Å². The van der Waals surface area contributed by atoms with E-state index in [1.807, 2.05) is 0 Å². The van der Waals surface area contributed by atoms with Crippen molar-refractivity contribution in [2.24, 2.45) is 0 Å². The van der Waals surface area contributed by atoms with Gasteiger partial charge in [0.2, 0.25) is 5.91 Å². The third-order valence-electron chi connectivity index (χ3n) is 3.37. The minimum Gasteiger partial charge on any atom is -0.497 e. The van der Waals surface area contributed by atoms with E-state index < -0.39 is 17.1 Å². The molecule has 0 aliphatic carbocycles. The van der Waals surface area contributed by atoms with Crippen molar-refractivity contribution in [1.82, 2.24) is 4.90 Å². The topological polar surface area (TPSA) is 88.8 Å². The lowest BCUT2D eigenvalue weighted by Crippen LogP contribution is -2.36. The van der Waals surface area contributed by atoms with E-state index in [9.17, 15) is 14.4 Å². The number of furan rings is 1. The summed E-state index contributed by atoms with van der Waals surface area (Å²) in [6.45, 7) is -0.355. The van der Waals surface area contributed by atoms with Crippen LogP contribution in [0.4, 0.5) is 10.5 Å². The van der Waals surface area contributed by atoms with Crippen LogP contribution in [-0.4, -0.2) is 35.6 Å². The summed E-state index contributed by atoms with van der Waals surface area (Å²) in [7, 11) is 1.55. The highest BCUT2D eigenvalue weighted by Gasteiger charge is 2.36. The maximum Gasteiger partial charge on any atom is 0.294 e. The van der Waals surface area contributed by atoms with Crippen LogP contribution in [0.1, 0.15) is 5.76 Å². The molecule has 0 saturated carbocycles. The number of anilines is 1. The van der Waals surface area contributed by atoms with Gasteiger partial charge in [-0.2, -0.15) is 0 Å². The van der Waals surface area contributed by atoms with E-state index in [4.69, 9.17) is 9.15 Å². The number of amides is 3. The Morgan fingerprint density at radius 2 is 2.04 bits per heavy atom. The van der Waals surface area contributed by atoms with Gasteiger partial charge < -0.3 is 14.5 Å². The van der Waals surface area contributed by atoms with Crippen molar-refractivity contribution in [3.63, 3.8) is 0 Å². The first-order chi connectivity index (χ1) is 12.1. The lowest BCUT2D eigenvalue weighted by atomic mass is 10.3. The van der Waals surface area contributed by atoms with Crippen LogP contribution in [0.25, 0.3) is 6.08 Å². The second kappa shape index (κ2) is 7.27. The van der Waals surface area contributed by atoms with Crippen LogP contribution in [0.2, 0.25) is 0 Å². The van der Waals surface area contributed by atoms with Gasteiger partial charge in [0, 0.05) is 11.8 Å². The maximum atomic E-state index is 12.3. The number of methoxy groups -OCH3 is 1. The summed E-state index contributed by atoms with van der Waals surface area (Å²) < 4.78 is 10.2. The normalized spacial score (nSPS) is 15.7. The fourth-order valence-corrected chi connectivity index (χ4v) is 2.98. The number of thioether (sulfide) groups is 1. The highest BCUT2D eigenvalue weighted by Crippen LogP contribution is 2.32. The molecule has 0 spiro atoms. The zero-order valence-electron chi connectivity index (χ0n) is 13.2. The number of hydrogen-bond acceptors (Lipinski definition) is 6. The first-order valence-electron chi connectivity index (χ1n) is 7.29. The molecule has 0 unspecified atom stereocenters. The van der Waals surface area contributed by atoms with Crippen LogP contribution in [0.5, 0.6) is 5.75 Å². The van der Waals surface area contributed by atoms with Gasteiger partial charge >= 0.3 is 0 Å². The number of imide groups is 1. The van der Waals surface area contributed by atoms with Gasteiger partial charge in [0.25, 0.3) is 11.1 Å². The van der Waals surface area contributed by atoms with Crippen molar-refractivity contribution in [3.05, 3.63) is 53.3 Å². The van der Waals surface area contributed by atoms with Crippen LogP contribution in [0, 0.1) is 0 Å². The minimum atomic E-state index is -0.517. The van der Waals surface area contributed by atoms with Gasteiger partial charge in [0.1, 0.15) is 18.1 Å². The van der Waals surface area contributed by atoms with Crippen molar-refractivity contribution in [2.75, 3.05) is 19.0 Å². The molecule has 1 saturated heterocycles. The molecule has 1 aromatic carbocycles. The average Bonchev–Trinajstić information content (AvgIpc) is 3.20. The lowest BCUT2D eigenvalue weighted by Gasteiger charge is -2.12. The van der Waals surface area contributed by atoms with E-state index in [0.29, 0.717) is 17.2 Å². The van der Waals surface area contributed by atoms with E-state index in [-0.39, 0.29) is 11.4 Å². The van der Waals surface area contributed by atoms with Crippen molar-refractivity contribution in [1.29, 1.82) is 0 Å². The number of carbonyl (C=O) groups is 3. The van der Waals surface area contributed by atoms with Gasteiger partial charge in [-0.1, -0.05) is 0 Å². The van der Waals surface area contributed by atoms with Gasteiger partial charge in [0.15, 0.2) is 0 Å². The molecule has 1 N–H and O–H groups in total. The first kappa shape index (κ1) is 16.8. The van der Waals surface area contributed by atoms with Gasteiger partial charge in [0.05, 0.1) is 18.3 Å². The van der Waals surface area contributed by atoms with Crippen molar-refractivity contribution in [3.8, 4) is 5.75 Å². The highest BCUT2D eigenvalue weighted by atomic mass is 32.2. The van der Waals surface area contributed by atoms with Crippen molar-refractivity contribution >= 4 is 40.6 Å². The number of rotatable bonds is 5. The van der Waals surface area contributed by atoms with Crippen LogP contribution >= 0.6 is 11.8 Å². The summed E-state index contributed by atoms with van der Waals surface area (Å²) in [4.78, 5) is 37.5. The summed E-state index contributed by atoms with van der Waals surface area (Å²) in [5.74, 6) is 0.142. The number of nitrogens with zero attached hydrogens (tertiary/aromatic N) is 1. The number of ether oxygens (including phenoxy) is 1. The summed E-state index contributed by atoms with van der Waals surface area (Å²) in [6.07, 6.45) is 2.95. The van der Waals surface area contributed by atoms with Crippen molar-refractivity contribution < 1.29 is 23.5 Å². The van der Waals surface area contributed by atoms with Crippen LogP contribution in [0.3, 0.4) is 0 Å². The molecule has 25 heavy (non-hydrogen) atoms. The SMILES string of the molecule is COc1ccc(NC(=O)CN2C(=O)S/C(=C\c3ccco3)C2=O)cc1. The molecule has 128 valence electrons. The molecule has 0 atom stereocenters. The predicted octanol–water partition coefficient (Wildman–Crippen LogP) is 2.96. The van der Waals surface area contributed by atoms with Crippen molar-refractivity contribution in [2.45, 2.75) is 0 Å². The molecular formula is C17H14N2O5S. The summed E-state index contributed by atoms with van der Waals surface area (Å²) >= 11 is 0.775. The summed E-state index contributed by atoms with van der Waals surface area (Å²) in [5, 5.41) is 2.14. The number of nitrogens with one attached hydrogen (secondary N) is 1. The molecule has 3 amide bonds. The zero-order valence-corrected chi connectivity index (χ0v) is 14.0. The maximum absolute atomic E-state index is 12.3. The quantitative estimate of drug-likeness (QED) is 0.827. The highest BCUT2D eigenvalue weighted by molar-refractivity contribution is 8.18. The Morgan fingerprint density at radius 1 is 1.28 bits per heavy atom. The van der Waals surface area contributed by atoms with Crippen LogP contribution in [-0.2, 0) is 9.59 Å². The molecule has 0 bridgehead atoms. The lowest BCUT2D eigenvalue weighted by molar-refractivity contribution is -0.127. The fraction of sp³-hybridized carbons (Fsp3) is 0.118. The average molecular weight is 358 g/mol. The monoisotopic (exact) mass is 358 g/mol. The Labute approximate surface area is 147 Å². The van der Waals surface area contributed by atoms with Gasteiger partial charge in [-0.05, 0) is 48.2 Å². The number of carbonyl (C=O) groups excluding carboxylic acids is 3. The molecular weight excluding hydrogens is 344 g/mol. The smallest absolute Gasteiger partial charge is 0.294 e. The van der Waals surface area contributed by atoms with Gasteiger partial charge in [-0.25, -0.2) is 0 Å². The Hall–Kier alpha value is -3.00. The largest absolute Gasteiger partial charge is 0.497 e. The van der Waals surface area contributed by atoms with Crippen LogP contribution < -0.4 is 10.1 Å². The third-order valence-corrected chi connectivity index (χ3v) is 4.27. The first-order valence-corrected chi connectivity index (χ1v) is 8.11. The molecule has 8 heteroatoms. The van der Waals surface area contributed by atoms with Gasteiger partial charge in [-0.15, -0.1) is 0 Å². The molecule has 3 rings (SSSR count). The molecule has 2 aromatic rings. The zero-order chi connectivity index (χ0) is 17.8. The third kappa shape index (κ3) is 3.92. The molecule has 0 radical (unpaired) electrons. The Balaban J connectivity index is 1.64. The molecule has 1 aromatic heterocycles. The molecule has 7 nitrogen and oxygen atoms in total. The molecule has 1 aliphatic heterocycles. The van der Waals surface area contributed by atoms with E-state index in [1.54, 1.807) is 43.5 Å². The minimum absolute atomic E-state index is 0.220. The Bertz CT molecular complexity index is 827. The van der Waals surface area contributed by atoms with E-state index in [1.165, 1.54) is 12.3 Å². The number of benzene rings is 1. The summed E-state index contributed by atoms with van der Waals surface area (Å²) in [5.41, 5.74) is 0.545. The van der Waals surface area contributed by atoms with E-state index in [0.717, 1.165) is 16.7 Å². The second-order valence-electron chi connectivity index (χ2n) is 5.06.